The van der Waals surface area contributed by atoms with Crippen LogP contribution in [-0.2, 0) is 19.8 Å². The Morgan fingerprint density at radius 1 is 0.867 bits per heavy atom. The average molecular weight is 412 g/mol. The smallest absolute Gasteiger partial charge is 0.416 e. The molecule has 0 fully saturated rings. The highest BCUT2D eigenvalue weighted by molar-refractivity contribution is 5.77. The van der Waals surface area contributed by atoms with E-state index in [0.29, 0.717) is 18.1 Å². The molecule has 3 aromatic carbocycles. The van der Waals surface area contributed by atoms with Crippen LogP contribution in [0.2, 0.25) is 0 Å². The van der Waals surface area contributed by atoms with E-state index in [1.807, 2.05) is 48.9 Å². The third-order valence-electron chi connectivity index (χ3n) is 4.75. The molecule has 0 unspecified atom stereocenters. The van der Waals surface area contributed by atoms with Crippen LogP contribution in [0, 0.1) is 6.92 Å². The standard InChI is InChI=1S/C23H19F3N2O2/c1-15-3-7-17(8-4-15)29-14-22-27-20-12-11-19(13-21(20)28(22)2)30-18-9-5-16(6-10-18)23(24,25)26/h3-13H,14H2,1-2H3. The number of benzene rings is 3. The minimum atomic E-state index is -4.37. The van der Waals surface area contributed by atoms with Gasteiger partial charge in [-0.05, 0) is 55.5 Å². The lowest BCUT2D eigenvalue weighted by Gasteiger charge is -2.09. The van der Waals surface area contributed by atoms with Gasteiger partial charge in [-0.3, -0.25) is 0 Å². The van der Waals surface area contributed by atoms with E-state index in [0.717, 1.165) is 40.3 Å². The number of halogens is 3. The van der Waals surface area contributed by atoms with Crippen LogP contribution >= 0.6 is 0 Å². The van der Waals surface area contributed by atoms with Crippen LogP contribution in [0.25, 0.3) is 11.0 Å². The van der Waals surface area contributed by atoms with Crippen molar-refractivity contribution in [1.29, 1.82) is 0 Å². The molecule has 1 heterocycles. The van der Waals surface area contributed by atoms with Crippen LogP contribution in [0.4, 0.5) is 13.2 Å². The minimum absolute atomic E-state index is 0.309. The van der Waals surface area contributed by atoms with Crippen molar-refractivity contribution in [2.45, 2.75) is 19.7 Å². The maximum atomic E-state index is 12.7. The van der Waals surface area contributed by atoms with Crippen molar-refractivity contribution in [3.63, 3.8) is 0 Å². The van der Waals surface area contributed by atoms with E-state index in [-0.39, 0.29) is 0 Å². The summed E-state index contributed by atoms with van der Waals surface area (Å²) in [5, 5.41) is 0. The van der Waals surface area contributed by atoms with Crippen molar-refractivity contribution in [1.82, 2.24) is 9.55 Å². The Bertz CT molecular complexity index is 1160. The van der Waals surface area contributed by atoms with Gasteiger partial charge in [-0.25, -0.2) is 4.98 Å². The van der Waals surface area contributed by atoms with Crippen molar-refractivity contribution in [2.24, 2.45) is 7.05 Å². The Hall–Kier alpha value is -3.48. The lowest BCUT2D eigenvalue weighted by molar-refractivity contribution is -0.137. The Balaban J connectivity index is 1.51. The first-order valence-corrected chi connectivity index (χ1v) is 9.29. The molecule has 4 rings (SSSR count). The van der Waals surface area contributed by atoms with Gasteiger partial charge < -0.3 is 14.0 Å². The Kier molecular flexibility index (Phi) is 5.11. The number of imidazole rings is 1. The third kappa shape index (κ3) is 4.25. The molecule has 1 aromatic heterocycles. The van der Waals surface area contributed by atoms with Crippen LogP contribution in [-0.4, -0.2) is 9.55 Å². The van der Waals surface area contributed by atoms with Gasteiger partial charge in [0.1, 0.15) is 29.7 Å². The molecule has 4 nitrogen and oxygen atoms in total. The normalized spacial score (nSPS) is 11.6. The van der Waals surface area contributed by atoms with Crippen LogP contribution in [0.1, 0.15) is 17.0 Å². The largest absolute Gasteiger partial charge is 0.486 e. The first kappa shape index (κ1) is 19.8. The molecule has 0 saturated heterocycles. The maximum Gasteiger partial charge on any atom is 0.416 e. The number of ether oxygens (including phenoxy) is 2. The van der Waals surface area contributed by atoms with Gasteiger partial charge in [0, 0.05) is 13.1 Å². The van der Waals surface area contributed by atoms with Gasteiger partial charge in [-0.2, -0.15) is 13.2 Å². The fourth-order valence-corrected chi connectivity index (χ4v) is 3.04. The molecule has 0 amide bonds. The zero-order chi connectivity index (χ0) is 21.3. The monoisotopic (exact) mass is 412 g/mol. The lowest BCUT2D eigenvalue weighted by Crippen LogP contribution is -2.04. The number of nitrogens with zero attached hydrogens (tertiary/aromatic N) is 2. The number of aromatic nitrogens is 2. The number of aryl methyl sites for hydroxylation is 2. The second-order valence-electron chi connectivity index (χ2n) is 6.96. The van der Waals surface area contributed by atoms with Crippen LogP contribution in [0.15, 0.2) is 66.7 Å². The van der Waals surface area contributed by atoms with Crippen molar-refractivity contribution in [3.8, 4) is 17.2 Å². The summed E-state index contributed by atoms with van der Waals surface area (Å²) in [6.07, 6.45) is -4.37. The molecule has 0 bridgehead atoms. The van der Waals surface area contributed by atoms with Crippen molar-refractivity contribution >= 4 is 11.0 Å². The molecule has 0 spiro atoms. The molecule has 0 aliphatic rings. The van der Waals surface area contributed by atoms with Crippen LogP contribution in [0.5, 0.6) is 17.2 Å². The zero-order valence-corrected chi connectivity index (χ0v) is 16.4. The third-order valence-corrected chi connectivity index (χ3v) is 4.75. The number of fused-ring (bicyclic) bond motifs is 1. The molecule has 7 heteroatoms. The molecule has 0 saturated carbocycles. The summed E-state index contributed by atoms with van der Waals surface area (Å²) in [5.41, 5.74) is 2.06. The number of rotatable bonds is 5. The first-order valence-electron chi connectivity index (χ1n) is 9.29. The second kappa shape index (κ2) is 7.74. The van der Waals surface area contributed by atoms with Crippen LogP contribution in [0.3, 0.4) is 0 Å². The van der Waals surface area contributed by atoms with Gasteiger partial charge in [-0.1, -0.05) is 17.7 Å². The highest BCUT2D eigenvalue weighted by Crippen LogP contribution is 2.32. The summed E-state index contributed by atoms with van der Waals surface area (Å²) in [4.78, 5) is 4.59. The lowest BCUT2D eigenvalue weighted by atomic mass is 10.2. The van der Waals surface area contributed by atoms with Crippen molar-refractivity contribution in [2.75, 3.05) is 0 Å². The SMILES string of the molecule is Cc1ccc(OCc2nc3ccc(Oc4ccc(C(F)(F)F)cc4)cc3n2C)cc1. The van der Waals surface area contributed by atoms with E-state index in [1.165, 1.54) is 12.1 Å². The Morgan fingerprint density at radius 2 is 1.50 bits per heavy atom. The summed E-state index contributed by atoms with van der Waals surface area (Å²) in [5.74, 6) is 2.35. The highest BCUT2D eigenvalue weighted by Gasteiger charge is 2.30. The Morgan fingerprint density at radius 3 is 2.17 bits per heavy atom. The number of alkyl halides is 3. The predicted octanol–water partition coefficient (Wildman–Crippen LogP) is 6.27. The van der Waals surface area contributed by atoms with E-state index in [4.69, 9.17) is 9.47 Å². The molecule has 0 atom stereocenters. The molecule has 4 aromatic rings. The predicted molar refractivity (Wildman–Crippen MR) is 108 cm³/mol. The molecular weight excluding hydrogens is 393 g/mol. The number of hydrogen-bond donors (Lipinski definition) is 0. The van der Waals surface area contributed by atoms with Crippen molar-refractivity contribution in [3.05, 3.63) is 83.7 Å². The van der Waals surface area contributed by atoms with Gasteiger partial charge in [0.05, 0.1) is 16.6 Å². The Labute approximate surface area is 171 Å². The second-order valence-corrected chi connectivity index (χ2v) is 6.96. The van der Waals surface area contributed by atoms with Gasteiger partial charge >= 0.3 is 6.18 Å². The fourth-order valence-electron chi connectivity index (χ4n) is 3.04. The molecule has 30 heavy (non-hydrogen) atoms. The summed E-state index contributed by atoms with van der Waals surface area (Å²) in [7, 11) is 1.88. The van der Waals surface area contributed by atoms with E-state index in [2.05, 4.69) is 4.98 Å². The summed E-state index contributed by atoms with van der Waals surface area (Å²) in [6, 6.07) is 17.7. The van der Waals surface area contributed by atoms with Gasteiger partial charge in [0.15, 0.2) is 0 Å². The van der Waals surface area contributed by atoms with E-state index < -0.39 is 11.7 Å². The minimum Gasteiger partial charge on any atom is -0.486 e. The molecule has 0 radical (unpaired) electrons. The number of hydrogen-bond acceptors (Lipinski definition) is 3. The molecule has 0 aliphatic carbocycles. The fraction of sp³-hybridized carbons (Fsp3) is 0.174. The summed E-state index contributed by atoms with van der Waals surface area (Å²) in [6.45, 7) is 2.32. The zero-order valence-electron chi connectivity index (χ0n) is 16.4. The van der Waals surface area contributed by atoms with E-state index in [9.17, 15) is 13.2 Å². The van der Waals surface area contributed by atoms with Crippen molar-refractivity contribution < 1.29 is 22.6 Å². The van der Waals surface area contributed by atoms with E-state index >= 15 is 0 Å². The quantitative estimate of drug-likeness (QED) is 0.388. The molecular formula is C23H19F3N2O2. The maximum absolute atomic E-state index is 12.7. The molecule has 0 N–H and O–H groups in total. The summed E-state index contributed by atoms with van der Waals surface area (Å²) >= 11 is 0. The summed E-state index contributed by atoms with van der Waals surface area (Å²) < 4.78 is 51.5. The van der Waals surface area contributed by atoms with Gasteiger partial charge in [0.25, 0.3) is 0 Å². The molecule has 154 valence electrons. The highest BCUT2D eigenvalue weighted by atomic mass is 19.4. The topological polar surface area (TPSA) is 36.3 Å². The first-order chi connectivity index (χ1) is 14.3. The van der Waals surface area contributed by atoms with Crippen LogP contribution < -0.4 is 9.47 Å². The average Bonchev–Trinajstić information content (AvgIpc) is 3.03. The van der Waals surface area contributed by atoms with Gasteiger partial charge in [-0.15, -0.1) is 0 Å². The molecule has 0 aliphatic heterocycles. The van der Waals surface area contributed by atoms with E-state index in [1.54, 1.807) is 12.1 Å². The van der Waals surface area contributed by atoms with Gasteiger partial charge in [0.2, 0.25) is 0 Å².